The average Bonchev–Trinajstić information content (AvgIpc) is 2.51. The molecule has 0 heterocycles. The van der Waals surface area contributed by atoms with Crippen molar-refractivity contribution < 1.29 is 4.92 Å². The highest BCUT2D eigenvalue weighted by Crippen LogP contribution is 2.10. The first-order valence-electron chi connectivity index (χ1n) is 5.44. The fourth-order valence-corrected chi connectivity index (χ4v) is 1.16. The van der Waals surface area contributed by atoms with Gasteiger partial charge in [-0.2, -0.15) is 0 Å². The Kier molecular flexibility index (Phi) is 8.08. The van der Waals surface area contributed by atoms with Crippen LogP contribution in [0.15, 0.2) is 54.6 Å². The minimum absolute atomic E-state index is 0.137. The summed E-state index contributed by atoms with van der Waals surface area (Å²) < 4.78 is 0. The molecule has 0 fully saturated rings. The largest absolute Gasteiger partial charge is 0.385 e. The second-order valence-electron chi connectivity index (χ2n) is 3.53. The first-order valence-corrected chi connectivity index (χ1v) is 5.44. The third-order valence-electron chi connectivity index (χ3n) is 2.12. The third kappa shape index (κ3) is 6.42. The maximum Gasteiger partial charge on any atom is 0.385 e. The molecule has 0 saturated heterocycles. The maximum absolute atomic E-state index is 10.0. The van der Waals surface area contributed by atoms with Gasteiger partial charge in [0.25, 0.3) is 5.69 Å². The van der Waals surface area contributed by atoms with Crippen molar-refractivity contribution in [3.8, 4) is 0 Å². The van der Waals surface area contributed by atoms with Crippen molar-refractivity contribution in [2.45, 2.75) is 6.92 Å². The summed E-state index contributed by atoms with van der Waals surface area (Å²) in [6.45, 7) is 1.99. The molecule has 0 aliphatic rings. The Balaban J connectivity index is 0.000000321. The van der Waals surface area contributed by atoms with Crippen LogP contribution >= 0.6 is 0 Å². The van der Waals surface area contributed by atoms with E-state index in [0.29, 0.717) is 5.69 Å². The Bertz CT molecular complexity index is 588. The molecule has 7 nitrogen and oxygen atoms in total. The molecule has 0 radical (unpaired) electrons. The lowest BCUT2D eigenvalue weighted by atomic mass is 10.2. The predicted molar refractivity (Wildman–Crippen MR) is 72.5 cm³/mol. The molecule has 0 unspecified atom stereocenters. The van der Waals surface area contributed by atoms with Crippen LogP contribution in [0.2, 0.25) is 0 Å². The molecular formula is C13H12N5O2+. The number of diazo groups is 1. The van der Waals surface area contributed by atoms with Crippen LogP contribution in [0.25, 0.3) is 4.98 Å². The molecule has 100 valence electrons. The van der Waals surface area contributed by atoms with Crippen LogP contribution in [0.1, 0.15) is 5.56 Å². The normalized spacial score (nSPS) is 7.90. The van der Waals surface area contributed by atoms with Crippen molar-refractivity contribution in [1.82, 2.24) is 0 Å². The number of hydrogen-bond acceptors (Lipinski definition) is 5. The van der Waals surface area contributed by atoms with Gasteiger partial charge in [0.15, 0.2) is 4.98 Å². The van der Waals surface area contributed by atoms with Crippen molar-refractivity contribution in [3.63, 3.8) is 0 Å². The molecule has 20 heavy (non-hydrogen) atoms. The lowest BCUT2D eigenvalue weighted by Gasteiger charge is -1.85. The van der Waals surface area contributed by atoms with Gasteiger partial charge in [-0.05, 0) is 6.92 Å². The molecule has 0 spiro atoms. The highest BCUT2D eigenvalue weighted by atomic mass is 16.6. The molecule has 0 amide bonds. The standard InChI is InChI=1S/C7H7N2.C6H5NO2.N2/c1-6-2-4-7(9-8)5-3-6;8-7(9)6-4-2-1-3-5-6;1-2/h2-5H,1H3;1-5H;/q+1;;. The number of non-ortho nitro benzene ring substituents is 1. The van der Waals surface area contributed by atoms with Gasteiger partial charge >= 0.3 is 5.69 Å². The van der Waals surface area contributed by atoms with E-state index in [4.69, 9.17) is 16.2 Å². The van der Waals surface area contributed by atoms with E-state index < -0.39 is 4.92 Å². The Labute approximate surface area is 115 Å². The van der Waals surface area contributed by atoms with Gasteiger partial charge in [0.2, 0.25) is 5.39 Å². The maximum atomic E-state index is 10.0. The summed E-state index contributed by atoms with van der Waals surface area (Å²) in [5, 5.41) is 30.3. The van der Waals surface area contributed by atoms with Crippen molar-refractivity contribution >= 4 is 11.4 Å². The molecule has 2 aromatic rings. The molecule has 0 aliphatic heterocycles. The smallest absolute Gasteiger partial charge is 0.258 e. The number of aryl methyl sites for hydroxylation is 1. The molecule has 2 aromatic carbocycles. The number of para-hydroxylation sites is 1. The molecule has 7 heteroatoms. The fraction of sp³-hybridized carbons (Fsp3) is 0.0769. The van der Waals surface area contributed by atoms with E-state index in [0.717, 1.165) is 0 Å². The van der Waals surface area contributed by atoms with Crippen LogP contribution in [0.4, 0.5) is 11.4 Å². The van der Waals surface area contributed by atoms with E-state index in [1.807, 2.05) is 19.1 Å². The third-order valence-corrected chi connectivity index (χ3v) is 2.12. The van der Waals surface area contributed by atoms with E-state index in [2.05, 4.69) is 4.98 Å². The summed E-state index contributed by atoms with van der Waals surface area (Å²) in [4.78, 5) is 12.6. The average molecular weight is 270 g/mol. The van der Waals surface area contributed by atoms with Gasteiger partial charge in [-0.25, -0.2) is 0 Å². The topological polar surface area (TPSA) is 119 Å². The minimum Gasteiger partial charge on any atom is -0.258 e. The number of nitro groups is 1. The van der Waals surface area contributed by atoms with Crippen LogP contribution in [0, 0.1) is 33.2 Å². The van der Waals surface area contributed by atoms with Crippen molar-refractivity contribution in [2.24, 2.45) is 0 Å². The quantitative estimate of drug-likeness (QED) is 0.438. The second-order valence-corrected chi connectivity index (χ2v) is 3.53. The van der Waals surface area contributed by atoms with Gasteiger partial charge in [-0.15, -0.1) is 0 Å². The highest BCUT2D eigenvalue weighted by Gasteiger charge is 1.99. The zero-order valence-corrected chi connectivity index (χ0v) is 10.7. The Morgan fingerprint density at radius 1 is 1.00 bits per heavy atom. The Hall–Kier alpha value is -3.32. The second kappa shape index (κ2) is 9.68. The molecule has 0 bridgehead atoms. The minimum atomic E-state index is -0.417. The van der Waals surface area contributed by atoms with E-state index >= 15 is 0 Å². The van der Waals surface area contributed by atoms with E-state index in [9.17, 15) is 10.1 Å². The van der Waals surface area contributed by atoms with Gasteiger partial charge < -0.3 is 0 Å². The molecule has 0 saturated carbocycles. The van der Waals surface area contributed by atoms with Crippen LogP contribution < -0.4 is 0 Å². The number of benzene rings is 2. The molecule has 0 aromatic heterocycles. The number of rotatable bonds is 1. The monoisotopic (exact) mass is 270 g/mol. The molecule has 0 aliphatic carbocycles. The SMILES string of the molecule is Cc1ccc([N+]#N)cc1.N#N.O=[N+]([O-])c1ccccc1. The lowest BCUT2D eigenvalue weighted by Crippen LogP contribution is -1.84. The van der Waals surface area contributed by atoms with Crippen LogP contribution in [-0.4, -0.2) is 4.92 Å². The summed E-state index contributed by atoms with van der Waals surface area (Å²) in [7, 11) is 0. The first-order chi connectivity index (χ1) is 9.63. The Morgan fingerprint density at radius 3 is 1.85 bits per heavy atom. The number of nitro benzene ring substituents is 1. The lowest BCUT2D eigenvalue weighted by molar-refractivity contribution is -0.384. The summed E-state index contributed by atoms with van der Waals surface area (Å²) in [6, 6.07) is 15.2. The van der Waals surface area contributed by atoms with E-state index in [-0.39, 0.29) is 5.69 Å². The van der Waals surface area contributed by atoms with Gasteiger partial charge in [0, 0.05) is 35.1 Å². The number of hydrogen-bond donors (Lipinski definition) is 0. The van der Waals surface area contributed by atoms with Crippen molar-refractivity contribution in [3.05, 3.63) is 75.3 Å². The molecule has 0 atom stereocenters. The predicted octanol–water partition coefficient (Wildman–Crippen LogP) is 4.10. The zero-order valence-electron chi connectivity index (χ0n) is 10.7. The van der Waals surface area contributed by atoms with Gasteiger partial charge in [-0.3, -0.25) is 10.1 Å². The van der Waals surface area contributed by atoms with Crippen molar-refractivity contribution in [1.29, 1.82) is 16.2 Å². The number of nitrogens with zero attached hydrogens (tertiary/aromatic N) is 5. The van der Waals surface area contributed by atoms with Crippen LogP contribution in [-0.2, 0) is 0 Å². The summed E-state index contributed by atoms with van der Waals surface area (Å²) >= 11 is 0. The first kappa shape index (κ1) is 16.7. The zero-order chi connectivity index (χ0) is 15.4. The van der Waals surface area contributed by atoms with Gasteiger partial charge in [-0.1, -0.05) is 35.9 Å². The van der Waals surface area contributed by atoms with E-state index in [1.165, 1.54) is 17.7 Å². The summed E-state index contributed by atoms with van der Waals surface area (Å²) in [5.74, 6) is 0. The fourth-order valence-electron chi connectivity index (χ4n) is 1.16. The summed E-state index contributed by atoms with van der Waals surface area (Å²) in [5.41, 5.74) is 1.90. The molecular weight excluding hydrogens is 258 g/mol. The van der Waals surface area contributed by atoms with E-state index in [1.54, 1.807) is 30.3 Å². The molecule has 0 N–H and O–H groups in total. The van der Waals surface area contributed by atoms with Gasteiger partial charge in [0.05, 0.1) is 4.92 Å². The van der Waals surface area contributed by atoms with Crippen LogP contribution in [0.3, 0.4) is 0 Å². The summed E-state index contributed by atoms with van der Waals surface area (Å²) in [6.07, 6.45) is 0. The Morgan fingerprint density at radius 2 is 1.50 bits per heavy atom. The van der Waals surface area contributed by atoms with Crippen LogP contribution in [0.5, 0.6) is 0 Å². The highest BCUT2D eigenvalue weighted by molar-refractivity contribution is 5.44. The van der Waals surface area contributed by atoms with Gasteiger partial charge in [0.1, 0.15) is 0 Å². The van der Waals surface area contributed by atoms with Crippen molar-refractivity contribution in [2.75, 3.05) is 0 Å². The molecule has 2 rings (SSSR count).